The van der Waals surface area contributed by atoms with Crippen LogP contribution in [-0.4, -0.2) is 54.3 Å². The Kier molecular flexibility index (Phi) is 7.18. The first-order valence-electron chi connectivity index (χ1n) is 10.4. The van der Waals surface area contributed by atoms with E-state index in [-0.39, 0.29) is 24.7 Å². The maximum absolute atomic E-state index is 13.5. The van der Waals surface area contributed by atoms with Crippen molar-refractivity contribution in [3.63, 3.8) is 0 Å². The molecule has 1 saturated heterocycles. The summed E-state index contributed by atoms with van der Waals surface area (Å²) in [7, 11) is 1.28. The molecule has 176 valence electrons. The molecule has 0 N–H and O–H groups in total. The maximum atomic E-state index is 13.5. The highest BCUT2D eigenvalue weighted by atomic mass is 32.2. The van der Waals surface area contributed by atoms with E-state index >= 15 is 0 Å². The quantitative estimate of drug-likeness (QED) is 0.421. The van der Waals surface area contributed by atoms with E-state index in [0.29, 0.717) is 27.6 Å². The number of fused-ring (bicyclic) bond motifs is 1. The van der Waals surface area contributed by atoms with E-state index < -0.39 is 17.4 Å². The summed E-state index contributed by atoms with van der Waals surface area (Å²) < 4.78 is 15.7. The van der Waals surface area contributed by atoms with Crippen molar-refractivity contribution in [2.45, 2.75) is 19.3 Å². The summed E-state index contributed by atoms with van der Waals surface area (Å²) in [5, 5.41) is 1.93. The molecule has 1 atom stereocenters. The van der Waals surface area contributed by atoms with E-state index in [1.807, 2.05) is 23.6 Å². The Balaban J connectivity index is 1.81. The van der Waals surface area contributed by atoms with E-state index in [2.05, 4.69) is 4.99 Å². The number of hydrogen-bond acceptors (Lipinski definition) is 9. The van der Waals surface area contributed by atoms with Crippen molar-refractivity contribution in [2.75, 3.05) is 20.3 Å². The topological polar surface area (TPSA) is 94.5 Å². The van der Waals surface area contributed by atoms with E-state index in [0.717, 1.165) is 4.88 Å². The van der Waals surface area contributed by atoms with Gasteiger partial charge in [-0.2, -0.15) is 0 Å². The smallest absolute Gasteiger partial charge is 0.344 e. The Morgan fingerprint density at radius 2 is 2.00 bits per heavy atom. The molecule has 1 aromatic carbocycles. The van der Waals surface area contributed by atoms with Crippen molar-refractivity contribution >= 4 is 58.4 Å². The number of ether oxygens (including phenoxy) is 3. The summed E-state index contributed by atoms with van der Waals surface area (Å²) >= 11 is 2.83. The molecule has 0 bridgehead atoms. The number of thioether (sulfide) groups is 1. The summed E-state index contributed by atoms with van der Waals surface area (Å²) in [6, 6.07) is 10.7. The largest absolute Gasteiger partial charge is 0.481 e. The second-order valence-electron chi connectivity index (χ2n) is 7.16. The number of nitrogens with zero attached hydrogens (tertiary/aromatic N) is 2. The van der Waals surface area contributed by atoms with Crippen molar-refractivity contribution in [1.29, 1.82) is 0 Å². The van der Waals surface area contributed by atoms with Crippen molar-refractivity contribution in [3.8, 4) is 5.75 Å². The second kappa shape index (κ2) is 10.3. The lowest BCUT2D eigenvalue weighted by Gasteiger charge is -2.31. The molecule has 1 amide bonds. The number of esters is 2. The number of aliphatic imine (C=N–C) groups is 1. The van der Waals surface area contributed by atoms with Crippen molar-refractivity contribution in [3.05, 3.63) is 62.7 Å². The minimum atomic E-state index is -0.622. The molecule has 1 aromatic heterocycles. The lowest BCUT2D eigenvalue weighted by Crippen LogP contribution is -2.37. The Hall–Kier alpha value is -3.37. The SMILES string of the molecule is CCOC(=O)COc1ccccc1C1=C(C(=O)OC)C(C)=NC2S/C(=C\c3cccs3)C(=O)N12. The number of benzene rings is 1. The van der Waals surface area contributed by atoms with Crippen LogP contribution in [0, 0.1) is 0 Å². The first-order valence-corrected chi connectivity index (χ1v) is 12.2. The van der Waals surface area contributed by atoms with Crippen LogP contribution in [0.25, 0.3) is 11.8 Å². The number of para-hydroxylation sites is 1. The summed E-state index contributed by atoms with van der Waals surface area (Å²) in [5.74, 6) is -1.10. The van der Waals surface area contributed by atoms with Gasteiger partial charge in [-0.15, -0.1) is 11.3 Å². The Labute approximate surface area is 204 Å². The monoisotopic (exact) mass is 498 g/mol. The molecule has 0 spiro atoms. The third kappa shape index (κ3) is 4.64. The van der Waals surface area contributed by atoms with E-state index in [9.17, 15) is 14.4 Å². The third-order valence-electron chi connectivity index (χ3n) is 5.03. The van der Waals surface area contributed by atoms with Gasteiger partial charge in [0.1, 0.15) is 11.3 Å². The molecule has 1 unspecified atom stereocenters. The highest BCUT2D eigenvalue weighted by Crippen LogP contribution is 2.47. The van der Waals surface area contributed by atoms with Gasteiger partial charge in [-0.1, -0.05) is 30.0 Å². The van der Waals surface area contributed by atoms with Crippen LogP contribution in [0.3, 0.4) is 0 Å². The van der Waals surface area contributed by atoms with Crippen molar-refractivity contribution < 1.29 is 28.6 Å². The van der Waals surface area contributed by atoms with Gasteiger partial charge in [-0.05, 0) is 43.5 Å². The highest BCUT2D eigenvalue weighted by Gasteiger charge is 2.44. The van der Waals surface area contributed by atoms with Crippen molar-refractivity contribution in [1.82, 2.24) is 4.90 Å². The normalized spacial score (nSPS) is 18.6. The number of amides is 1. The van der Waals surface area contributed by atoms with Gasteiger partial charge in [-0.3, -0.25) is 14.7 Å². The highest BCUT2D eigenvalue weighted by molar-refractivity contribution is 8.05. The minimum absolute atomic E-state index is 0.164. The molecule has 1 fully saturated rings. The predicted molar refractivity (Wildman–Crippen MR) is 131 cm³/mol. The van der Waals surface area contributed by atoms with Crippen LogP contribution in [0.1, 0.15) is 24.3 Å². The first kappa shape index (κ1) is 23.8. The van der Waals surface area contributed by atoms with Gasteiger partial charge in [0.15, 0.2) is 12.1 Å². The zero-order valence-corrected chi connectivity index (χ0v) is 20.4. The Morgan fingerprint density at radius 3 is 2.71 bits per heavy atom. The van der Waals surface area contributed by atoms with Crippen LogP contribution in [0.5, 0.6) is 5.75 Å². The zero-order valence-electron chi connectivity index (χ0n) is 18.8. The molecular weight excluding hydrogens is 476 g/mol. The average molecular weight is 499 g/mol. The van der Waals surface area contributed by atoms with Gasteiger partial charge in [0, 0.05) is 10.4 Å². The molecule has 2 aliphatic rings. The number of hydrogen-bond donors (Lipinski definition) is 0. The second-order valence-corrected chi connectivity index (χ2v) is 9.24. The third-order valence-corrected chi connectivity index (χ3v) is 6.92. The molecule has 2 aliphatic heterocycles. The van der Waals surface area contributed by atoms with E-state index in [1.165, 1.54) is 35.1 Å². The van der Waals surface area contributed by atoms with Crippen LogP contribution in [-0.2, 0) is 23.9 Å². The van der Waals surface area contributed by atoms with Gasteiger partial charge < -0.3 is 14.2 Å². The van der Waals surface area contributed by atoms with Crippen LogP contribution in [0.2, 0.25) is 0 Å². The number of rotatable bonds is 7. The van der Waals surface area contributed by atoms with Crippen LogP contribution in [0.4, 0.5) is 0 Å². The summed E-state index contributed by atoms with van der Waals surface area (Å²) in [6.07, 6.45) is 1.82. The van der Waals surface area contributed by atoms with Gasteiger partial charge in [0.05, 0.1) is 30.0 Å². The Morgan fingerprint density at radius 1 is 1.21 bits per heavy atom. The molecule has 34 heavy (non-hydrogen) atoms. The minimum Gasteiger partial charge on any atom is -0.481 e. The zero-order chi connectivity index (χ0) is 24.2. The maximum Gasteiger partial charge on any atom is 0.344 e. The fourth-order valence-corrected chi connectivity index (χ4v) is 5.46. The molecule has 0 radical (unpaired) electrons. The summed E-state index contributed by atoms with van der Waals surface area (Å²) in [5.41, 5.74) is 0.826. The molecule has 4 rings (SSSR count). The van der Waals surface area contributed by atoms with E-state index in [4.69, 9.17) is 14.2 Å². The summed E-state index contributed by atoms with van der Waals surface area (Å²) in [4.78, 5) is 45.8. The molecular formula is C24H22N2O6S2. The summed E-state index contributed by atoms with van der Waals surface area (Å²) in [6.45, 7) is 3.34. The lowest BCUT2D eigenvalue weighted by atomic mass is 9.99. The van der Waals surface area contributed by atoms with Crippen molar-refractivity contribution in [2.24, 2.45) is 4.99 Å². The number of thiophene rings is 1. The number of methoxy groups -OCH3 is 1. The number of carbonyl (C=O) groups excluding carboxylic acids is 3. The van der Waals surface area contributed by atoms with E-state index in [1.54, 1.807) is 38.1 Å². The molecule has 0 saturated carbocycles. The molecule has 3 heterocycles. The molecule has 0 aliphatic carbocycles. The molecule has 2 aromatic rings. The fourth-order valence-electron chi connectivity index (χ4n) is 3.59. The Bertz CT molecular complexity index is 1220. The average Bonchev–Trinajstić information content (AvgIpc) is 3.45. The van der Waals surface area contributed by atoms with Gasteiger partial charge in [0.2, 0.25) is 0 Å². The fraction of sp³-hybridized carbons (Fsp3) is 0.250. The predicted octanol–water partition coefficient (Wildman–Crippen LogP) is 3.95. The number of carbonyl (C=O) groups is 3. The lowest BCUT2D eigenvalue weighted by molar-refractivity contribution is -0.145. The van der Waals surface area contributed by atoms with Crippen LogP contribution < -0.4 is 4.74 Å². The van der Waals surface area contributed by atoms with Gasteiger partial charge >= 0.3 is 11.9 Å². The van der Waals surface area contributed by atoms with Crippen LogP contribution >= 0.6 is 23.1 Å². The molecule has 10 heteroatoms. The first-order chi connectivity index (χ1) is 16.4. The molecule has 8 nitrogen and oxygen atoms in total. The van der Waals surface area contributed by atoms with Gasteiger partial charge in [0.25, 0.3) is 5.91 Å². The standard InChI is InChI=1S/C24H22N2O6S2/c1-4-31-19(27)13-32-17-10-6-5-9-16(17)21-20(23(29)30-3)14(2)25-24-26(21)22(28)18(34-24)12-15-8-7-11-33-15/h5-12,24H,4,13H2,1-3H3/b18-12-. The van der Waals surface area contributed by atoms with Gasteiger partial charge in [-0.25, -0.2) is 9.59 Å². The van der Waals surface area contributed by atoms with Crippen LogP contribution in [0.15, 0.2) is 57.2 Å².